The predicted octanol–water partition coefficient (Wildman–Crippen LogP) is 4.04. The van der Waals surface area contributed by atoms with Crippen LogP contribution in [0.3, 0.4) is 0 Å². The number of nitrogens with zero attached hydrogens (tertiary/aromatic N) is 6. The zero-order valence-electron chi connectivity index (χ0n) is 20.8. The summed E-state index contributed by atoms with van der Waals surface area (Å²) in [5.41, 5.74) is 2.87. The lowest BCUT2D eigenvalue weighted by Crippen LogP contribution is -2.37. The Morgan fingerprint density at radius 1 is 1.12 bits per heavy atom. The highest BCUT2D eigenvalue weighted by Crippen LogP contribution is 2.32. The van der Waals surface area contributed by atoms with Gasteiger partial charge in [0.15, 0.2) is 0 Å². The molecule has 0 saturated heterocycles. The summed E-state index contributed by atoms with van der Waals surface area (Å²) in [6, 6.07) is 0.436. The van der Waals surface area contributed by atoms with Crippen LogP contribution in [0, 0.1) is 19.8 Å². The second kappa shape index (κ2) is 11.7. The molecule has 8 nitrogen and oxygen atoms in total. The number of hydrogen-bond acceptors (Lipinski definition) is 8. The summed E-state index contributed by atoms with van der Waals surface area (Å²) >= 11 is 0. The average Bonchev–Trinajstić information content (AvgIpc) is 2.83. The van der Waals surface area contributed by atoms with E-state index in [0.29, 0.717) is 36.4 Å². The van der Waals surface area contributed by atoms with Crippen LogP contribution in [0.2, 0.25) is 0 Å². The topological polar surface area (TPSA) is 96.3 Å². The van der Waals surface area contributed by atoms with Crippen LogP contribution < -0.4 is 10.2 Å². The third-order valence-corrected chi connectivity index (χ3v) is 9.04. The molecule has 0 bridgehead atoms. The molecule has 1 saturated carbocycles. The van der Waals surface area contributed by atoms with Crippen molar-refractivity contribution in [1.82, 2.24) is 19.9 Å². The van der Waals surface area contributed by atoms with Gasteiger partial charge in [0.1, 0.15) is 18.0 Å². The van der Waals surface area contributed by atoms with E-state index in [1.54, 1.807) is 18.7 Å². The highest BCUT2D eigenvalue weighted by molar-refractivity contribution is 7.93. The van der Waals surface area contributed by atoms with E-state index < -0.39 is 9.73 Å². The Labute approximate surface area is 199 Å². The Hall–Kier alpha value is -2.29. The molecule has 1 unspecified atom stereocenters. The van der Waals surface area contributed by atoms with E-state index in [4.69, 9.17) is 0 Å². The molecule has 3 rings (SSSR count). The van der Waals surface area contributed by atoms with Crippen molar-refractivity contribution in [2.75, 3.05) is 42.4 Å². The number of anilines is 2. The summed E-state index contributed by atoms with van der Waals surface area (Å²) in [4.78, 5) is 19.9. The molecule has 2 aromatic heterocycles. The minimum atomic E-state index is -2.25. The third kappa shape index (κ3) is 6.85. The lowest BCUT2D eigenvalue weighted by atomic mass is 9.86. The van der Waals surface area contributed by atoms with Gasteiger partial charge in [-0.15, -0.1) is 0 Å². The molecular formula is C24H39N7OS. The maximum Gasteiger partial charge on any atom is 0.137 e. The van der Waals surface area contributed by atoms with Crippen LogP contribution in [0.4, 0.5) is 11.6 Å². The molecule has 1 fully saturated rings. The summed E-state index contributed by atoms with van der Waals surface area (Å²) in [6.45, 7) is 6.74. The van der Waals surface area contributed by atoms with E-state index in [0.717, 1.165) is 60.7 Å². The normalized spacial score (nSPS) is 20.2. The first-order chi connectivity index (χ1) is 15.8. The fourth-order valence-electron chi connectivity index (χ4n) is 4.56. The number of aromatic nitrogens is 4. The van der Waals surface area contributed by atoms with Gasteiger partial charge in [-0.2, -0.15) is 0 Å². The number of rotatable bonds is 10. The van der Waals surface area contributed by atoms with Gasteiger partial charge in [0, 0.05) is 72.3 Å². The quantitative estimate of drug-likeness (QED) is 0.556. The van der Waals surface area contributed by atoms with E-state index >= 15 is 0 Å². The highest BCUT2D eigenvalue weighted by atomic mass is 32.2. The predicted molar refractivity (Wildman–Crippen MR) is 136 cm³/mol. The smallest absolute Gasteiger partial charge is 0.137 e. The van der Waals surface area contributed by atoms with Crippen molar-refractivity contribution in [2.24, 2.45) is 10.3 Å². The van der Waals surface area contributed by atoms with Crippen molar-refractivity contribution in [1.29, 1.82) is 0 Å². The van der Waals surface area contributed by atoms with Crippen LogP contribution in [0.25, 0.3) is 0 Å². The van der Waals surface area contributed by atoms with Crippen molar-refractivity contribution < 1.29 is 4.21 Å². The molecule has 1 N–H and O–H groups in total. The molecule has 9 heteroatoms. The van der Waals surface area contributed by atoms with Crippen molar-refractivity contribution in [2.45, 2.75) is 65.3 Å². The maximum atomic E-state index is 13.8. The fourth-order valence-corrected chi connectivity index (χ4v) is 7.07. The van der Waals surface area contributed by atoms with Crippen LogP contribution in [-0.4, -0.2) is 62.3 Å². The Balaban J connectivity index is 1.61. The molecule has 0 spiro atoms. The van der Waals surface area contributed by atoms with Gasteiger partial charge in [-0.25, -0.2) is 18.5 Å². The molecular weight excluding hydrogens is 434 g/mol. The van der Waals surface area contributed by atoms with Crippen LogP contribution in [0.15, 0.2) is 23.1 Å². The first kappa shape index (κ1) is 25.3. The molecule has 1 aliphatic rings. The average molecular weight is 474 g/mol. The molecule has 182 valence electrons. The van der Waals surface area contributed by atoms with Gasteiger partial charge in [-0.05, 0) is 51.9 Å². The molecule has 0 amide bonds. The molecule has 0 radical (unpaired) electrons. The molecule has 2 aromatic rings. The number of nitrogens with one attached hydrogen (secondary N) is 1. The van der Waals surface area contributed by atoms with E-state index in [2.05, 4.69) is 55.4 Å². The second-order valence-corrected chi connectivity index (χ2v) is 11.6. The molecule has 0 aromatic carbocycles. The monoisotopic (exact) mass is 473 g/mol. The molecule has 1 aliphatic carbocycles. The number of aryl methyl sites for hydroxylation is 2. The Bertz CT molecular complexity index is 1010. The lowest BCUT2D eigenvalue weighted by Gasteiger charge is -2.36. The molecule has 2 heterocycles. The standard InChI is InChI=1S/C24H39N7OS/c1-6-12-30-33(32,13-11-21-15-26-18(2)14-27-21)16-20-7-9-22(10-8-20)31(5)24-19(3)23(25-4)28-17-29-24/h14-15,17,20,22H,6-13,16H2,1-5H3,(H,25,28,29). The first-order valence-electron chi connectivity index (χ1n) is 12.0. The number of hydrogen-bond donors (Lipinski definition) is 1. The minimum absolute atomic E-state index is 0.436. The second-order valence-electron chi connectivity index (χ2n) is 9.10. The largest absolute Gasteiger partial charge is 0.373 e. The van der Waals surface area contributed by atoms with Gasteiger partial charge < -0.3 is 10.2 Å². The van der Waals surface area contributed by atoms with Gasteiger partial charge in [0.25, 0.3) is 0 Å². The van der Waals surface area contributed by atoms with Crippen molar-refractivity contribution in [3.05, 3.63) is 35.7 Å². The van der Waals surface area contributed by atoms with Gasteiger partial charge in [0.2, 0.25) is 0 Å². The zero-order chi connectivity index (χ0) is 23.8. The Kier molecular flexibility index (Phi) is 9.00. The summed E-state index contributed by atoms with van der Waals surface area (Å²) in [7, 11) is 1.76. The summed E-state index contributed by atoms with van der Waals surface area (Å²) in [5.74, 6) is 3.57. The SMILES string of the molecule is CCCN=S(=O)(CCc1cnc(C)cn1)CC1CCC(N(C)c2ncnc(NC)c2C)CC1. The molecule has 1 atom stereocenters. The Morgan fingerprint density at radius 3 is 2.52 bits per heavy atom. The van der Waals surface area contributed by atoms with Crippen molar-refractivity contribution >= 4 is 21.4 Å². The Morgan fingerprint density at radius 2 is 1.88 bits per heavy atom. The summed E-state index contributed by atoms with van der Waals surface area (Å²) < 4.78 is 18.4. The van der Waals surface area contributed by atoms with Crippen LogP contribution in [0.5, 0.6) is 0 Å². The highest BCUT2D eigenvalue weighted by Gasteiger charge is 2.28. The molecule has 33 heavy (non-hydrogen) atoms. The van der Waals surface area contributed by atoms with Crippen LogP contribution in [-0.2, 0) is 16.1 Å². The zero-order valence-corrected chi connectivity index (χ0v) is 21.6. The van der Waals surface area contributed by atoms with Crippen LogP contribution >= 0.6 is 0 Å². The van der Waals surface area contributed by atoms with E-state index in [1.165, 1.54) is 0 Å². The van der Waals surface area contributed by atoms with E-state index in [9.17, 15) is 4.21 Å². The van der Waals surface area contributed by atoms with E-state index in [-0.39, 0.29) is 0 Å². The minimum Gasteiger partial charge on any atom is -0.373 e. The van der Waals surface area contributed by atoms with Crippen molar-refractivity contribution in [3.8, 4) is 0 Å². The summed E-state index contributed by atoms with van der Waals surface area (Å²) in [5, 5.41) is 3.14. The fraction of sp³-hybridized carbons (Fsp3) is 0.667. The van der Waals surface area contributed by atoms with Gasteiger partial charge in [-0.1, -0.05) is 6.92 Å². The summed E-state index contributed by atoms with van der Waals surface area (Å²) in [6.07, 6.45) is 11.1. The van der Waals surface area contributed by atoms with Gasteiger partial charge >= 0.3 is 0 Å². The first-order valence-corrected chi connectivity index (χ1v) is 13.9. The maximum absolute atomic E-state index is 13.8. The lowest BCUT2D eigenvalue weighted by molar-refractivity contribution is 0.342. The van der Waals surface area contributed by atoms with Gasteiger partial charge in [0.05, 0.1) is 11.4 Å². The van der Waals surface area contributed by atoms with Gasteiger partial charge in [-0.3, -0.25) is 9.97 Å². The molecule has 0 aliphatic heterocycles. The van der Waals surface area contributed by atoms with Crippen LogP contribution in [0.1, 0.15) is 56.0 Å². The third-order valence-electron chi connectivity index (χ3n) is 6.55. The van der Waals surface area contributed by atoms with E-state index in [1.807, 2.05) is 14.0 Å². The van der Waals surface area contributed by atoms with Crippen molar-refractivity contribution in [3.63, 3.8) is 0 Å².